The van der Waals surface area contributed by atoms with Gasteiger partial charge in [0, 0.05) is 18.3 Å². The molecule has 1 N–H and O–H groups in total. The summed E-state index contributed by atoms with van der Waals surface area (Å²) in [6.07, 6.45) is -0.946. The van der Waals surface area contributed by atoms with Gasteiger partial charge in [-0.1, -0.05) is 18.2 Å². The lowest BCUT2D eigenvalue weighted by Crippen LogP contribution is -2.15. The first kappa shape index (κ1) is 15.4. The SMILES string of the molecule is CC(Nc1cnn(C(C)C)c1)c1ccccc1C(F)(F)F. The molecule has 21 heavy (non-hydrogen) atoms. The lowest BCUT2D eigenvalue weighted by molar-refractivity contribution is -0.138. The van der Waals surface area contributed by atoms with Crippen LogP contribution in [0.25, 0.3) is 0 Å². The summed E-state index contributed by atoms with van der Waals surface area (Å²) in [6, 6.07) is 5.35. The van der Waals surface area contributed by atoms with Crippen molar-refractivity contribution in [2.24, 2.45) is 0 Å². The first-order valence-corrected chi connectivity index (χ1v) is 6.76. The van der Waals surface area contributed by atoms with E-state index in [2.05, 4.69) is 10.4 Å². The van der Waals surface area contributed by atoms with Gasteiger partial charge in [0.2, 0.25) is 0 Å². The van der Waals surface area contributed by atoms with Crippen LogP contribution >= 0.6 is 0 Å². The van der Waals surface area contributed by atoms with Gasteiger partial charge >= 0.3 is 6.18 Å². The number of hydrogen-bond acceptors (Lipinski definition) is 2. The number of nitrogens with zero attached hydrogens (tertiary/aromatic N) is 2. The van der Waals surface area contributed by atoms with Crippen LogP contribution in [0.2, 0.25) is 0 Å². The molecule has 0 aliphatic heterocycles. The molecule has 1 aromatic heterocycles. The number of hydrogen-bond donors (Lipinski definition) is 1. The van der Waals surface area contributed by atoms with Crippen molar-refractivity contribution in [3.05, 3.63) is 47.8 Å². The minimum Gasteiger partial charge on any atom is -0.376 e. The monoisotopic (exact) mass is 297 g/mol. The maximum atomic E-state index is 13.0. The first-order chi connectivity index (χ1) is 9.79. The molecule has 114 valence electrons. The molecule has 2 aromatic rings. The highest BCUT2D eigenvalue weighted by molar-refractivity contribution is 5.43. The maximum absolute atomic E-state index is 13.0. The zero-order valence-corrected chi connectivity index (χ0v) is 12.1. The van der Waals surface area contributed by atoms with Crippen LogP contribution in [0.15, 0.2) is 36.7 Å². The van der Waals surface area contributed by atoms with Gasteiger partial charge < -0.3 is 5.32 Å². The van der Waals surface area contributed by atoms with Crippen molar-refractivity contribution in [2.75, 3.05) is 5.32 Å². The van der Waals surface area contributed by atoms with Crippen molar-refractivity contribution in [3.63, 3.8) is 0 Å². The third-order valence-electron chi connectivity index (χ3n) is 3.25. The quantitative estimate of drug-likeness (QED) is 0.889. The molecule has 6 heteroatoms. The summed E-state index contributed by atoms with van der Waals surface area (Å²) in [5.74, 6) is 0. The smallest absolute Gasteiger partial charge is 0.376 e. The largest absolute Gasteiger partial charge is 0.416 e. The molecule has 3 nitrogen and oxygen atoms in total. The van der Waals surface area contributed by atoms with Crippen molar-refractivity contribution >= 4 is 5.69 Å². The fraction of sp³-hybridized carbons (Fsp3) is 0.400. The van der Waals surface area contributed by atoms with Crippen LogP contribution in [0.1, 0.15) is 44.0 Å². The van der Waals surface area contributed by atoms with Gasteiger partial charge in [0.25, 0.3) is 0 Å². The summed E-state index contributed by atoms with van der Waals surface area (Å²) in [5, 5.41) is 7.23. The Morgan fingerprint density at radius 2 is 1.81 bits per heavy atom. The predicted octanol–water partition coefficient (Wildman–Crippen LogP) is 4.66. The molecule has 0 aliphatic carbocycles. The summed E-state index contributed by atoms with van der Waals surface area (Å²) in [7, 11) is 0. The van der Waals surface area contributed by atoms with Crippen molar-refractivity contribution in [1.82, 2.24) is 9.78 Å². The van der Waals surface area contributed by atoms with Crippen LogP contribution in [0, 0.1) is 0 Å². The molecule has 0 amide bonds. The molecule has 0 aliphatic rings. The molecule has 0 fully saturated rings. The number of alkyl halides is 3. The minimum atomic E-state index is -4.35. The number of rotatable bonds is 4. The Morgan fingerprint density at radius 1 is 1.14 bits per heavy atom. The Hall–Kier alpha value is -1.98. The Labute approximate surface area is 121 Å². The van der Waals surface area contributed by atoms with Crippen molar-refractivity contribution < 1.29 is 13.2 Å². The molecule has 0 spiro atoms. The third kappa shape index (κ3) is 3.56. The summed E-state index contributed by atoms with van der Waals surface area (Å²) in [6.45, 7) is 5.68. The van der Waals surface area contributed by atoms with Gasteiger partial charge in [0.15, 0.2) is 0 Å². The van der Waals surface area contributed by atoms with E-state index in [0.29, 0.717) is 5.69 Å². The van der Waals surface area contributed by atoms with Gasteiger partial charge in [-0.3, -0.25) is 4.68 Å². The van der Waals surface area contributed by atoms with Crippen molar-refractivity contribution in [2.45, 2.75) is 39.0 Å². The highest BCUT2D eigenvalue weighted by Crippen LogP contribution is 2.35. The molecule has 0 bridgehead atoms. The summed E-state index contributed by atoms with van der Waals surface area (Å²) < 4.78 is 40.8. The van der Waals surface area contributed by atoms with E-state index in [1.165, 1.54) is 12.1 Å². The predicted molar refractivity (Wildman–Crippen MR) is 76.1 cm³/mol. The minimum absolute atomic E-state index is 0.207. The Morgan fingerprint density at radius 3 is 2.38 bits per heavy atom. The average molecular weight is 297 g/mol. The zero-order valence-electron chi connectivity index (χ0n) is 12.1. The van der Waals surface area contributed by atoms with E-state index < -0.39 is 17.8 Å². The Kier molecular flexibility index (Phi) is 4.25. The molecule has 2 rings (SSSR count). The summed E-state index contributed by atoms with van der Waals surface area (Å²) in [4.78, 5) is 0. The van der Waals surface area contributed by atoms with Crippen LogP contribution < -0.4 is 5.32 Å². The number of benzene rings is 1. The van der Waals surface area contributed by atoms with E-state index in [4.69, 9.17) is 0 Å². The highest BCUT2D eigenvalue weighted by Gasteiger charge is 2.34. The second-order valence-corrected chi connectivity index (χ2v) is 5.25. The van der Waals surface area contributed by atoms with Crippen LogP contribution in [0.4, 0.5) is 18.9 Å². The zero-order chi connectivity index (χ0) is 15.6. The van der Waals surface area contributed by atoms with Gasteiger partial charge in [0.05, 0.1) is 17.4 Å². The van der Waals surface area contributed by atoms with Gasteiger partial charge in [0.1, 0.15) is 0 Å². The standard InChI is InChI=1S/C15H18F3N3/c1-10(2)21-9-12(8-19-21)20-11(3)13-6-4-5-7-14(13)15(16,17)18/h4-11,20H,1-3H3. The van der Waals surface area contributed by atoms with E-state index in [1.807, 2.05) is 13.8 Å². The van der Waals surface area contributed by atoms with Gasteiger partial charge in [-0.05, 0) is 32.4 Å². The van der Waals surface area contributed by atoms with Crippen molar-refractivity contribution in [3.8, 4) is 0 Å². The van der Waals surface area contributed by atoms with E-state index in [0.717, 1.165) is 6.07 Å². The molecular formula is C15H18F3N3. The van der Waals surface area contributed by atoms with Crippen molar-refractivity contribution in [1.29, 1.82) is 0 Å². The summed E-state index contributed by atoms with van der Waals surface area (Å²) >= 11 is 0. The van der Waals surface area contributed by atoms with Gasteiger partial charge in [-0.2, -0.15) is 18.3 Å². The molecular weight excluding hydrogens is 279 g/mol. The molecule has 1 atom stereocenters. The molecule has 1 unspecified atom stereocenters. The second-order valence-electron chi connectivity index (χ2n) is 5.25. The average Bonchev–Trinajstić information content (AvgIpc) is 2.86. The Bertz CT molecular complexity index is 602. The number of halogens is 3. The van der Waals surface area contributed by atoms with E-state index in [1.54, 1.807) is 30.1 Å². The molecule has 1 aromatic carbocycles. The molecule has 0 saturated heterocycles. The fourth-order valence-electron chi connectivity index (χ4n) is 2.16. The van der Waals surface area contributed by atoms with Gasteiger partial charge in [-0.15, -0.1) is 0 Å². The first-order valence-electron chi connectivity index (χ1n) is 6.76. The number of nitrogens with one attached hydrogen (secondary N) is 1. The van der Waals surface area contributed by atoms with E-state index >= 15 is 0 Å². The van der Waals surface area contributed by atoms with E-state index in [9.17, 15) is 13.2 Å². The number of anilines is 1. The topological polar surface area (TPSA) is 29.9 Å². The second kappa shape index (κ2) is 5.79. The lowest BCUT2D eigenvalue weighted by atomic mass is 10.0. The third-order valence-corrected chi connectivity index (χ3v) is 3.25. The van der Waals surface area contributed by atoms with E-state index in [-0.39, 0.29) is 11.6 Å². The van der Waals surface area contributed by atoms with Gasteiger partial charge in [-0.25, -0.2) is 0 Å². The Balaban J connectivity index is 2.22. The van der Waals surface area contributed by atoms with Crippen LogP contribution in [0.5, 0.6) is 0 Å². The highest BCUT2D eigenvalue weighted by atomic mass is 19.4. The maximum Gasteiger partial charge on any atom is 0.416 e. The van der Waals surface area contributed by atoms with Crippen LogP contribution in [-0.4, -0.2) is 9.78 Å². The fourth-order valence-corrected chi connectivity index (χ4v) is 2.16. The molecule has 0 saturated carbocycles. The molecule has 1 heterocycles. The van der Waals surface area contributed by atoms with Crippen LogP contribution in [-0.2, 0) is 6.18 Å². The van der Waals surface area contributed by atoms with Crippen LogP contribution in [0.3, 0.4) is 0 Å². The number of aromatic nitrogens is 2. The normalized spacial score (nSPS) is 13.5. The molecule has 0 radical (unpaired) electrons. The summed E-state index contributed by atoms with van der Waals surface area (Å²) in [5.41, 5.74) is 0.316. The lowest BCUT2D eigenvalue weighted by Gasteiger charge is -2.19.